The van der Waals surface area contributed by atoms with Crippen LogP contribution in [0.2, 0.25) is 0 Å². The summed E-state index contributed by atoms with van der Waals surface area (Å²) in [5.74, 6) is 0.962. The topological polar surface area (TPSA) is 56.1 Å². The monoisotopic (exact) mass is 267 g/mol. The van der Waals surface area contributed by atoms with Gasteiger partial charge in [0, 0.05) is 18.2 Å². The molecule has 0 aliphatic carbocycles. The largest absolute Gasteiger partial charge is 0.480 e. The van der Waals surface area contributed by atoms with Crippen molar-refractivity contribution in [2.45, 2.75) is 46.2 Å². The van der Waals surface area contributed by atoms with Crippen molar-refractivity contribution in [2.24, 2.45) is 5.92 Å². The van der Waals surface area contributed by atoms with Gasteiger partial charge in [-0.1, -0.05) is 27.2 Å². The Hall–Kier alpha value is -1.36. The molecule has 1 aromatic rings. The summed E-state index contributed by atoms with van der Waals surface area (Å²) in [6.45, 7) is 8.01. The van der Waals surface area contributed by atoms with Crippen LogP contribution in [0.3, 0.4) is 0 Å². The van der Waals surface area contributed by atoms with Gasteiger partial charge in [0.2, 0.25) is 5.88 Å². The minimum Gasteiger partial charge on any atom is -0.480 e. The lowest BCUT2D eigenvalue weighted by atomic mass is 9.99. The van der Waals surface area contributed by atoms with Crippen molar-refractivity contribution < 1.29 is 4.74 Å². The maximum Gasteiger partial charge on any atom is 0.267 e. The molecule has 0 bridgehead atoms. The lowest BCUT2D eigenvalue weighted by Crippen LogP contribution is -2.41. The maximum atomic E-state index is 11.8. The second-order valence-corrected chi connectivity index (χ2v) is 4.84. The van der Waals surface area contributed by atoms with Crippen molar-refractivity contribution >= 4 is 0 Å². The van der Waals surface area contributed by atoms with E-state index in [1.165, 1.54) is 10.7 Å². The van der Waals surface area contributed by atoms with Crippen molar-refractivity contribution in [3.05, 3.63) is 22.5 Å². The smallest absolute Gasteiger partial charge is 0.267 e. The summed E-state index contributed by atoms with van der Waals surface area (Å²) < 4.78 is 6.55. The van der Waals surface area contributed by atoms with Crippen LogP contribution in [0, 0.1) is 5.92 Å². The average molecular weight is 267 g/mol. The van der Waals surface area contributed by atoms with E-state index in [0.29, 0.717) is 18.3 Å². The van der Waals surface area contributed by atoms with Gasteiger partial charge in [0.1, 0.15) is 0 Å². The summed E-state index contributed by atoms with van der Waals surface area (Å²) in [5.41, 5.74) is -0.0904. The maximum absolute atomic E-state index is 11.8. The van der Waals surface area contributed by atoms with Gasteiger partial charge in [-0.05, 0) is 18.9 Å². The predicted octanol–water partition coefficient (Wildman–Crippen LogP) is 1.67. The van der Waals surface area contributed by atoms with Crippen molar-refractivity contribution in [1.29, 1.82) is 0 Å². The number of rotatable bonds is 8. The summed E-state index contributed by atoms with van der Waals surface area (Å²) in [4.78, 5) is 11.8. The van der Waals surface area contributed by atoms with Gasteiger partial charge in [-0.2, -0.15) is 0 Å². The number of nitrogens with one attached hydrogen (secondary N) is 1. The lowest BCUT2D eigenvalue weighted by molar-refractivity contribution is 0.303. The van der Waals surface area contributed by atoms with Gasteiger partial charge in [0.05, 0.1) is 13.7 Å². The zero-order valence-electron chi connectivity index (χ0n) is 12.3. The van der Waals surface area contributed by atoms with Crippen LogP contribution in [0.5, 0.6) is 5.88 Å². The van der Waals surface area contributed by atoms with Gasteiger partial charge in [-0.25, -0.2) is 4.68 Å². The van der Waals surface area contributed by atoms with Crippen LogP contribution < -0.4 is 15.6 Å². The summed E-state index contributed by atoms with van der Waals surface area (Å²) in [6, 6.07) is 3.35. The van der Waals surface area contributed by atoms with Crippen molar-refractivity contribution in [3.63, 3.8) is 0 Å². The van der Waals surface area contributed by atoms with E-state index in [-0.39, 0.29) is 11.6 Å². The molecule has 1 aromatic heterocycles. The average Bonchev–Trinajstić information content (AvgIpc) is 2.44. The number of hydrogen-bond donors (Lipinski definition) is 1. The van der Waals surface area contributed by atoms with Crippen LogP contribution in [0.15, 0.2) is 16.9 Å². The van der Waals surface area contributed by atoms with E-state index in [4.69, 9.17) is 4.74 Å². The molecule has 0 aliphatic heterocycles. The fraction of sp³-hybridized carbons (Fsp3) is 0.714. The Morgan fingerprint density at radius 3 is 2.74 bits per heavy atom. The first-order chi connectivity index (χ1) is 9.12. The van der Waals surface area contributed by atoms with Crippen molar-refractivity contribution in [3.8, 4) is 5.88 Å². The van der Waals surface area contributed by atoms with E-state index in [1.54, 1.807) is 13.2 Å². The highest BCUT2D eigenvalue weighted by Gasteiger charge is 2.17. The quantitative estimate of drug-likeness (QED) is 0.778. The molecular weight excluding hydrogens is 242 g/mol. The molecule has 2 atom stereocenters. The highest BCUT2D eigenvalue weighted by atomic mass is 16.5. The van der Waals surface area contributed by atoms with E-state index in [2.05, 4.69) is 31.2 Å². The fourth-order valence-electron chi connectivity index (χ4n) is 1.92. The Labute approximate surface area is 115 Å². The molecule has 5 heteroatoms. The highest BCUT2D eigenvalue weighted by molar-refractivity contribution is 5.06. The molecule has 0 saturated heterocycles. The highest BCUT2D eigenvalue weighted by Crippen LogP contribution is 2.10. The molecule has 2 unspecified atom stereocenters. The van der Waals surface area contributed by atoms with Crippen LogP contribution >= 0.6 is 0 Å². The Kier molecular flexibility index (Phi) is 6.56. The zero-order valence-corrected chi connectivity index (χ0v) is 12.3. The van der Waals surface area contributed by atoms with Gasteiger partial charge < -0.3 is 10.1 Å². The SMILES string of the molecule is CCCNC(Cn1nc(OC)ccc1=O)C(C)CC. The second kappa shape index (κ2) is 7.94. The van der Waals surface area contributed by atoms with Crippen LogP contribution in [0.1, 0.15) is 33.6 Å². The molecular formula is C14H25N3O2. The third kappa shape index (κ3) is 4.67. The van der Waals surface area contributed by atoms with Crippen LogP contribution in [0.25, 0.3) is 0 Å². The number of aromatic nitrogens is 2. The van der Waals surface area contributed by atoms with Gasteiger partial charge in [0.25, 0.3) is 5.56 Å². The van der Waals surface area contributed by atoms with Gasteiger partial charge >= 0.3 is 0 Å². The first-order valence-corrected chi connectivity index (χ1v) is 6.97. The predicted molar refractivity (Wildman–Crippen MR) is 76.6 cm³/mol. The molecule has 1 N–H and O–H groups in total. The number of hydrogen-bond acceptors (Lipinski definition) is 4. The molecule has 0 amide bonds. The zero-order chi connectivity index (χ0) is 14.3. The molecule has 0 spiro atoms. The summed E-state index contributed by atoms with van der Waals surface area (Å²) in [7, 11) is 1.55. The second-order valence-electron chi connectivity index (χ2n) is 4.84. The Balaban J connectivity index is 2.85. The molecule has 5 nitrogen and oxygen atoms in total. The van der Waals surface area contributed by atoms with Crippen molar-refractivity contribution in [1.82, 2.24) is 15.1 Å². The molecule has 1 rings (SSSR count). The lowest BCUT2D eigenvalue weighted by Gasteiger charge is -2.24. The van der Waals surface area contributed by atoms with E-state index >= 15 is 0 Å². The minimum absolute atomic E-state index is 0.0904. The number of nitrogens with zero attached hydrogens (tertiary/aromatic N) is 2. The van der Waals surface area contributed by atoms with Gasteiger partial charge in [0.15, 0.2) is 0 Å². The summed E-state index contributed by atoms with van der Waals surface area (Å²) in [6.07, 6.45) is 2.15. The molecule has 0 aliphatic rings. The first-order valence-electron chi connectivity index (χ1n) is 6.97. The molecule has 0 radical (unpaired) electrons. The van der Waals surface area contributed by atoms with E-state index in [9.17, 15) is 4.79 Å². The summed E-state index contributed by atoms with van der Waals surface area (Å²) >= 11 is 0. The van der Waals surface area contributed by atoms with Crippen LogP contribution in [-0.4, -0.2) is 29.5 Å². The van der Waals surface area contributed by atoms with Crippen molar-refractivity contribution in [2.75, 3.05) is 13.7 Å². The molecule has 0 saturated carbocycles. The Morgan fingerprint density at radius 2 is 2.16 bits per heavy atom. The van der Waals surface area contributed by atoms with Gasteiger partial charge in [-0.15, -0.1) is 5.10 Å². The fourth-order valence-corrected chi connectivity index (χ4v) is 1.92. The molecule has 0 fully saturated rings. The number of ether oxygens (including phenoxy) is 1. The van der Waals surface area contributed by atoms with E-state index in [1.807, 2.05) is 0 Å². The molecule has 19 heavy (non-hydrogen) atoms. The Morgan fingerprint density at radius 1 is 1.42 bits per heavy atom. The third-order valence-electron chi connectivity index (χ3n) is 3.41. The van der Waals surface area contributed by atoms with Gasteiger partial charge in [-0.3, -0.25) is 4.79 Å². The first kappa shape index (κ1) is 15.7. The van der Waals surface area contributed by atoms with E-state index in [0.717, 1.165) is 19.4 Å². The van der Waals surface area contributed by atoms with Crippen LogP contribution in [-0.2, 0) is 6.54 Å². The number of methoxy groups -OCH3 is 1. The minimum atomic E-state index is -0.0904. The normalized spacial score (nSPS) is 14.1. The standard InChI is InChI=1S/C14H25N3O2/c1-5-9-15-12(11(3)6-2)10-17-14(18)8-7-13(16-17)19-4/h7-8,11-12,15H,5-6,9-10H2,1-4H3. The summed E-state index contributed by atoms with van der Waals surface area (Å²) in [5, 5.41) is 7.69. The molecule has 108 valence electrons. The Bertz CT molecular complexity index is 431. The van der Waals surface area contributed by atoms with E-state index < -0.39 is 0 Å². The third-order valence-corrected chi connectivity index (χ3v) is 3.41. The molecule has 0 aromatic carbocycles. The molecule has 1 heterocycles. The van der Waals surface area contributed by atoms with Crippen LogP contribution in [0.4, 0.5) is 0 Å².